The van der Waals surface area contributed by atoms with Gasteiger partial charge in [0, 0.05) is 0 Å². The van der Waals surface area contributed by atoms with Gasteiger partial charge in [-0.05, 0) is 33.6 Å². The van der Waals surface area contributed by atoms with E-state index in [1.807, 2.05) is 48.5 Å². The number of hydrogen-bond acceptors (Lipinski definition) is 2. The number of nitrogens with zero attached hydrogens (tertiary/aromatic N) is 1. The first-order chi connectivity index (χ1) is 9.22. The third-order valence-corrected chi connectivity index (χ3v) is 4.18. The van der Waals surface area contributed by atoms with Crippen LogP contribution < -0.4 is 5.32 Å². The molecule has 2 aromatic rings. The van der Waals surface area contributed by atoms with Gasteiger partial charge in [-0.1, -0.05) is 48.0 Å². The van der Waals surface area contributed by atoms with Crippen molar-refractivity contribution in [3.63, 3.8) is 0 Å². The summed E-state index contributed by atoms with van der Waals surface area (Å²) in [6.07, 6.45) is 0.392. The Bertz CT molecular complexity index is 593. The van der Waals surface area contributed by atoms with E-state index in [-0.39, 0.29) is 6.04 Å². The standard InChI is InChI=1S/C15H12BrClN2/c16-15-12(17)7-4-8-14(15)19-13(9-10-18)11-5-2-1-3-6-11/h1-8,13,19H,9H2. The Balaban J connectivity index is 2.27. The second-order valence-corrected chi connectivity index (χ2v) is 5.27. The van der Waals surface area contributed by atoms with E-state index in [4.69, 9.17) is 16.9 Å². The SMILES string of the molecule is N#CCC(Nc1cccc(Cl)c1Br)c1ccccc1. The average Bonchev–Trinajstić information content (AvgIpc) is 2.44. The fourth-order valence-electron chi connectivity index (χ4n) is 1.83. The zero-order chi connectivity index (χ0) is 13.7. The van der Waals surface area contributed by atoms with Crippen LogP contribution in [0, 0.1) is 11.3 Å². The summed E-state index contributed by atoms with van der Waals surface area (Å²) in [5.74, 6) is 0. The molecule has 0 spiro atoms. The summed E-state index contributed by atoms with van der Waals surface area (Å²) in [4.78, 5) is 0. The molecule has 0 amide bonds. The van der Waals surface area contributed by atoms with E-state index >= 15 is 0 Å². The van der Waals surface area contributed by atoms with Crippen molar-refractivity contribution < 1.29 is 0 Å². The predicted octanol–water partition coefficient (Wildman–Crippen LogP) is 5.17. The van der Waals surface area contributed by atoms with Crippen LogP contribution in [0.4, 0.5) is 5.69 Å². The summed E-state index contributed by atoms with van der Waals surface area (Å²) in [5.41, 5.74) is 1.97. The Labute approximate surface area is 126 Å². The predicted molar refractivity (Wildman–Crippen MR) is 82.2 cm³/mol. The summed E-state index contributed by atoms with van der Waals surface area (Å²) in [6, 6.07) is 17.7. The molecule has 1 N–H and O–H groups in total. The van der Waals surface area contributed by atoms with Gasteiger partial charge < -0.3 is 5.32 Å². The van der Waals surface area contributed by atoms with Gasteiger partial charge in [-0.15, -0.1) is 0 Å². The van der Waals surface area contributed by atoms with E-state index in [0.717, 1.165) is 15.7 Å². The van der Waals surface area contributed by atoms with E-state index in [2.05, 4.69) is 27.3 Å². The second-order valence-electron chi connectivity index (χ2n) is 4.07. The third-order valence-electron chi connectivity index (χ3n) is 2.78. The van der Waals surface area contributed by atoms with Gasteiger partial charge in [0.15, 0.2) is 0 Å². The van der Waals surface area contributed by atoms with Crippen LogP contribution in [0.2, 0.25) is 5.02 Å². The lowest BCUT2D eigenvalue weighted by Gasteiger charge is -2.19. The minimum atomic E-state index is -0.0547. The van der Waals surface area contributed by atoms with E-state index < -0.39 is 0 Å². The Morgan fingerprint density at radius 1 is 1.16 bits per heavy atom. The quantitative estimate of drug-likeness (QED) is 0.836. The first kappa shape index (κ1) is 13.9. The highest BCUT2D eigenvalue weighted by atomic mass is 79.9. The van der Waals surface area contributed by atoms with Gasteiger partial charge >= 0.3 is 0 Å². The van der Waals surface area contributed by atoms with Crippen LogP contribution in [0.15, 0.2) is 53.0 Å². The van der Waals surface area contributed by atoms with Crippen molar-refractivity contribution in [2.75, 3.05) is 5.32 Å². The molecule has 2 rings (SSSR count). The Hall–Kier alpha value is -1.50. The molecule has 4 heteroatoms. The van der Waals surface area contributed by atoms with Crippen LogP contribution in [0.3, 0.4) is 0 Å². The monoisotopic (exact) mass is 334 g/mol. The molecule has 0 aliphatic carbocycles. The molecule has 0 bridgehead atoms. The summed E-state index contributed by atoms with van der Waals surface area (Å²) < 4.78 is 0.815. The van der Waals surface area contributed by atoms with Gasteiger partial charge in [0.1, 0.15) is 0 Å². The van der Waals surface area contributed by atoms with Crippen LogP contribution in [-0.2, 0) is 0 Å². The van der Waals surface area contributed by atoms with E-state index in [1.165, 1.54) is 0 Å². The molecule has 1 atom stereocenters. The van der Waals surface area contributed by atoms with Crippen molar-refractivity contribution in [2.24, 2.45) is 0 Å². The molecule has 0 aliphatic rings. The number of rotatable bonds is 4. The number of benzene rings is 2. The van der Waals surface area contributed by atoms with Crippen molar-refractivity contribution in [3.8, 4) is 6.07 Å². The summed E-state index contributed by atoms with van der Waals surface area (Å²) in [6.45, 7) is 0. The first-order valence-corrected chi connectivity index (χ1v) is 7.02. The van der Waals surface area contributed by atoms with Gasteiger partial charge in [-0.25, -0.2) is 0 Å². The largest absolute Gasteiger partial charge is 0.376 e. The van der Waals surface area contributed by atoms with Crippen LogP contribution in [-0.4, -0.2) is 0 Å². The van der Waals surface area contributed by atoms with Crippen LogP contribution in [0.5, 0.6) is 0 Å². The van der Waals surface area contributed by atoms with Gasteiger partial charge in [0.25, 0.3) is 0 Å². The lowest BCUT2D eigenvalue weighted by atomic mass is 10.0. The van der Waals surface area contributed by atoms with Gasteiger partial charge in [-0.2, -0.15) is 5.26 Å². The van der Waals surface area contributed by atoms with Crippen LogP contribution in [0.25, 0.3) is 0 Å². The van der Waals surface area contributed by atoms with Crippen molar-refractivity contribution in [1.82, 2.24) is 0 Å². The van der Waals surface area contributed by atoms with Crippen LogP contribution >= 0.6 is 27.5 Å². The lowest BCUT2D eigenvalue weighted by molar-refractivity contribution is 0.805. The zero-order valence-corrected chi connectivity index (χ0v) is 12.4. The molecule has 0 saturated heterocycles. The summed E-state index contributed by atoms with van der Waals surface area (Å²) >= 11 is 9.52. The first-order valence-electron chi connectivity index (χ1n) is 5.85. The van der Waals surface area contributed by atoms with E-state index in [9.17, 15) is 0 Å². The van der Waals surface area contributed by atoms with E-state index in [0.29, 0.717) is 11.4 Å². The molecule has 0 aromatic heterocycles. The number of nitrogens with one attached hydrogen (secondary N) is 1. The normalized spacial score (nSPS) is 11.6. The Morgan fingerprint density at radius 3 is 2.58 bits per heavy atom. The molecule has 0 radical (unpaired) electrons. The van der Waals surface area contributed by atoms with Gasteiger partial charge in [0.2, 0.25) is 0 Å². The molecule has 2 nitrogen and oxygen atoms in total. The highest BCUT2D eigenvalue weighted by Crippen LogP contribution is 2.33. The minimum Gasteiger partial charge on any atom is -0.376 e. The fourth-order valence-corrected chi connectivity index (χ4v) is 2.39. The van der Waals surface area contributed by atoms with E-state index in [1.54, 1.807) is 0 Å². The molecule has 0 fully saturated rings. The molecule has 0 saturated carbocycles. The third kappa shape index (κ3) is 3.50. The van der Waals surface area contributed by atoms with Crippen molar-refractivity contribution in [3.05, 3.63) is 63.6 Å². The highest BCUT2D eigenvalue weighted by molar-refractivity contribution is 9.10. The summed E-state index contributed by atoms with van der Waals surface area (Å²) in [7, 11) is 0. The second kappa shape index (κ2) is 6.60. The molecular weight excluding hydrogens is 324 g/mol. The molecule has 1 unspecified atom stereocenters. The lowest BCUT2D eigenvalue weighted by Crippen LogP contribution is -2.10. The number of hydrogen-bond donors (Lipinski definition) is 1. The molecule has 2 aromatic carbocycles. The van der Waals surface area contributed by atoms with Gasteiger partial charge in [-0.3, -0.25) is 0 Å². The fraction of sp³-hybridized carbons (Fsp3) is 0.133. The molecule has 0 heterocycles. The molecule has 96 valence electrons. The molecule has 0 aliphatic heterocycles. The maximum absolute atomic E-state index is 8.97. The topological polar surface area (TPSA) is 35.8 Å². The van der Waals surface area contributed by atoms with Crippen molar-refractivity contribution >= 4 is 33.2 Å². The minimum absolute atomic E-state index is 0.0547. The zero-order valence-electron chi connectivity index (χ0n) is 10.1. The Morgan fingerprint density at radius 2 is 1.89 bits per heavy atom. The number of halogens is 2. The molecular formula is C15H12BrClN2. The summed E-state index contributed by atoms with van der Waals surface area (Å²) in [5, 5.41) is 13.0. The Kier molecular flexibility index (Phi) is 4.84. The van der Waals surface area contributed by atoms with Gasteiger partial charge in [0.05, 0.1) is 33.7 Å². The van der Waals surface area contributed by atoms with Crippen LogP contribution in [0.1, 0.15) is 18.0 Å². The number of nitriles is 1. The van der Waals surface area contributed by atoms with Crippen molar-refractivity contribution in [2.45, 2.75) is 12.5 Å². The average molecular weight is 336 g/mol. The molecule has 19 heavy (non-hydrogen) atoms. The smallest absolute Gasteiger partial charge is 0.0647 e. The maximum atomic E-state index is 8.97. The maximum Gasteiger partial charge on any atom is 0.0647 e. The number of anilines is 1. The van der Waals surface area contributed by atoms with Crippen molar-refractivity contribution in [1.29, 1.82) is 5.26 Å². The highest BCUT2D eigenvalue weighted by Gasteiger charge is 2.13.